The summed E-state index contributed by atoms with van der Waals surface area (Å²) in [5.74, 6) is 2.10. The minimum Gasteiger partial charge on any atom is -0.492 e. The van der Waals surface area contributed by atoms with Gasteiger partial charge in [-0.3, -0.25) is 14.4 Å². The first-order valence-corrected chi connectivity index (χ1v) is 47.1. The number of likely N-dealkylation sites (N-methyl/N-ethyl adjacent to an activating group) is 3. The molecule has 0 bridgehead atoms. The minimum atomic E-state index is -0.304. The minimum absolute atomic E-state index is 0. The Hall–Kier alpha value is -11.8. The Balaban J connectivity index is 0.000000161. The number of ether oxygens (including phenoxy) is 5. The van der Waals surface area contributed by atoms with Crippen LogP contribution in [-0.2, 0) is 62.8 Å². The zero-order chi connectivity index (χ0) is 92.8. The summed E-state index contributed by atoms with van der Waals surface area (Å²) >= 11 is 6.70. The number of hydrogen-bond donors (Lipinski definition) is 1. The summed E-state index contributed by atoms with van der Waals surface area (Å²) in [7, 11) is 9.46. The van der Waals surface area contributed by atoms with Gasteiger partial charge < -0.3 is 102 Å². The molecule has 3 amide bonds. The van der Waals surface area contributed by atoms with Gasteiger partial charge in [0.15, 0.2) is 5.76 Å². The van der Waals surface area contributed by atoms with Crippen LogP contribution in [0.1, 0.15) is 83.4 Å². The molecular weight excluding hydrogens is 1760 g/mol. The van der Waals surface area contributed by atoms with E-state index in [-0.39, 0.29) is 94.8 Å². The van der Waals surface area contributed by atoms with Gasteiger partial charge in [0.25, 0.3) is 5.91 Å². The molecule has 9 aliphatic rings. The predicted molar refractivity (Wildman–Crippen MR) is 542 cm³/mol. The van der Waals surface area contributed by atoms with E-state index in [4.69, 9.17) is 90.0 Å². The molecular formula is C102H126ClN21O9S2. The molecule has 0 unspecified atom stereocenters. The van der Waals surface area contributed by atoms with Gasteiger partial charge >= 0.3 is 18.0 Å². The van der Waals surface area contributed by atoms with Gasteiger partial charge in [0.2, 0.25) is 31.4 Å². The summed E-state index contributed by atoms with van der Waals surface area (Å²) in [6, 6.07) is 39.5. The Kier molecular flexibility index (Phi) is 33.9. The number of rotatable bonds is 25. The first-order valence-electron chi connectivity index (χ1n) is 46.7. The lowest BCUT2D eigenvalue weighted by atomic mass is 9.99. The van der Waals surface area contributed by atoms with Gasteiger partial charge in [0.1, 0.15) is 55.4 Å². The maximum Gasteiger partial charge on any atom is 0.318 e. The fourth-order valence-corrected chi connectivity index (χ4v) is 20.8. The van der Waals surface area contributed by atoms with Crippen LogP contribution in [0.3, 0.4) is 0 Å². The number of fused-ring (bicyclic) bond motifs is 6. The van der Waals surface area contributed by atoms with E-state index in [0.29, 0.717) is 141 Å². The number of aryl methyl sites for hydroxylation is 2. The van der Waals surface area contributed by atoms with Crippen LogP contribution < -0.4 is 43.6 Å². The third-order valence-electron chi connectivity index (χ3n) is 27.8. The van der Waals surface area contributed by atoms with Gasteiger partial charge in [0, 0.05) is 166 Å². The highest BCUT2D eigenvalue weighted by Crippen LogP contribution is 2.42. The van der Waals surface area contributed by atoms with Gasteiger partial charge in [-0.1, -0.05) is 115 Å². The first kappa shape index (κ1) is 99.2. The van der Waals surface area contributed by atoms with Crippen molar-refractivity contribution in [3.8, 4) is 18.0 Å². The van der Waals surface area contributed by atoms with Gasteiger partial charge in [0.05, 0.1) is 62.1 Å². The van der Waals surface area contributed by atoms with E-state index in [9.17, 15) is 14.4 Å². The number of carbonyl (C=O) groups excluding carboxylic acids is 3. The third kappa shape index (κ3) is 22.7. The van der Waals surface area contributed by atoms with Crippen LogP contribution in [0.4, 0.5) is 34.5 Å². The lowest BCUT2D eigenvalue weighted by molar-refractivity contribution is -0.132. The number of aromatic nitrogens is 6. The van der Waals surface area contributed by atoms with Crippen LogP contribution in [0.2, 0.25) is 5.02 Å². The summed E-state index contributed by atoms with van der Waals surface area (Å²) in [6.45, 7) is 45.5. The van der Waals surface area contributed by atoms with Crippen LogP contribution in [0.15, 0.2) is 146 Å². The molecule has 6 atom stereocenters. The zero-order valence-corrected chi connectivity index (χ0v) is 81.4. The molecule has 6 aromatic carbocycles. The molecule has 0 radical (unpaired) electrons. The van der Waals surface area contributed by atoms with Crippen molar-refractivity contribution in [3.05, 3.63) is 230 Å². The number of likely N-dealkylation sites (tertiary alicyclic amines) is 3. The molecule has 30 nitrogen and oxygen atoms in total. The fourth-order valence-electron chi connectivity index (χ4n) is 20.5. The zero-order valence-electron chi connectivity index (χ0n) is 78.6. The second-order valence-electron chi connectivity index (χ2n) is 36.0. The van der Waals surface area contributed by atoms with Crippen molar-refractivity contribution in [2.75, 3.05) is 216 Å². The largest absolute Gasteiger partial charge is 0.492 e. The molecule has 3 aromatic heterocycles. The summed E-state index contributed by atoms with van der Waals surface area (Å²) in [5, 5.41) is 17.0. The van der Waals surface area contributed by atoms with E-state index in [1.54, 1.807) is 29.1 Å². The van der Waals surface area contributed by atoms with Crippen LogP contribution >= 0.6 is 38.6 Å². The second-order valence-corrected chi connectivity index (χ2v) is 36.4. The van der Waals surface area contributed by atoms with E-state index in [0.717, 1.165) is 157 Å². The number of benzene rings is 6. The van der Waals surface area contributed by atoms with Crippen molar-refractivity contribution in [2.45, 2.75) is 128 Å². The first-order chi connectivity index (χ1) is 64.8. The number of hydrogen-bond acceptors (Lipinski definition) is 24. The Morgan fingerprint density at radius 2 is 0.800 bits per heavy atom. The molecule has 9 aromatic rings. The Bertz CT molecular complexity index is 5920. The quantitative estimate of drug-likeness (QED) is 0.0317. The number of piperazine rings is 3. The Labute approximate surface area is 811 Å². The van der Waals surface area contributed by atoms with Crippen LogP contribution in [0.25, 0.3) is 46.9 Å². The highest BCUT2D eigenvalue weighted by Gasteiger charge is 2.41. The van der Waals surface area contributed by atoms with E-state index in [1.165, 1.54) is 76.2 Å². The van der Waals surface area contributed by atoms with Crippen molar-refractivity contribution in [1.29, 1.82) is 0 Å². The molecule has 1 N–H and O–H groups in total. The van der Waals surface area contributed by atoms with Crippen molar-refractivity contribution in [3.63, 3.8) is 0 Å². The Morgan fingerprint density at radius 1 is 0.452 bits per heavy atom. The van der Waals surface area contributed by atoms with Crippen molar-refractivity contribution >= 4 is 123 Å². The van der Waals surface area contributed by atoms with E-state index >= 15 is 0 Å². The number of methoxy groups -OCH3 is 2. The molecule has 18 rings (SSSR count). The number of halogens is 1. The number of nitrogens with zero attached hydrogens (tertiary/aromatic N) is 21. The van der Waals surface area contributed by atoms with Crippen molar-refractivity contribution in [1.82, 2.24) is 59.3 Å². The van der Waals surface area contributed by atoms with Crippen LogP contribution in [0.5, 0.6) is 18.0 Å². The summed E-state index contributed by atoms with van der Waals surface area (Å²) in [4.78, 5) is 106. The van der Waals surface area contributed by atoms with Gasteiger partial charge in [-0.2, -0.15) is 56.9 Å². The van der Waals surface area contributed by atoms with Gasteiger partial charge in [-0.25, -0.2) is 19.7 Å². The van der Waals surface area contributed by atoms with Crippen LogP contribution in [-0.4, -0.2) is 305 Å². The SMILES string of the molecule is S.S.[C-]#[N+]C[C@H]1CN(c2nc(OC[C@@H]3CCCN3C)nc3c2CCN(c2cccc4cccc(C)c24)C3)CCN1C(=O)/C=C/COC.[C-]#[N+]C[C@H]1CN(c2nc(OC[C@@H]3CCCN3C)nc3c2CCN(c2cccc4cccc(C)c24)C3)CCN1C(=O)C(=C)OC.[C-]#[N+]C[C@H]1CN(c2nc(OC[C@@H]3CCCN3C)nc3c2CCN(c2cccc4cccc(Cl)c24)C3)CCN1C(=O)/C=C/CO. The molecule has 135 heavy (non-hydrogen) atoms. The third-order valence-corrected chi connectivity index (χ3v) is 28.1. The smallest absolute Gasteiger partial charge is 0.318 e. The summed E-state index contributed by atoms with van der Waals surface area (Å²) in [5.41, 5.74) is 12.2. The van der Waals surface area contributed by atoms with Crippen molar-refractivity contribution in [2.24, 2.45) is 0 Å². The summed E-state index contributed by atoms with van der Waals surface area (Å²) in [6.07, 6.45) is 15.2. The average Bonchev–Trinajstić information content (AvgIpc) is 1.44. The Morgan fingerprint density at radius 3 is 1.16 bits per heavy atom. The lowest BCUT2D eigenvalue weighted by Crippen LogP contribution is -2.57. The topological polar surface area (TPSA) is 247 Å². The normalized spacial score (nSPS) is 20.2. The number of aliphatic hydroxyl groups excluding tert-OH is 1. The lowest BCUT2D eigenvalue weighted by Gasteiger charge is -2.41. The molecule has 6 fully saturated rings. The standard InChI is InChI=1S/C35H43N7O3.C34H41N7O3.C33H38ClN7O3.2H2S/c1-25-9-5-10-26-11-6-13-31(33(25)26)40-17-15-29-30(23-40)37-35(45-24-27-12-7-16-39(27)3)38-34(29)41-18-19-42(28(22-41)21-36-2)32(43)14-8-20-44-4;1-23-9-6-10-25-11-7-13-30(31(23)25)39-16-14-28-29(21-39)36-34(44-22-26-12-8-15-38(26)4)37-32(28)40-17-18-41(27(20-40)19-35-3)33(42)24(2)43-5;1-35-19-25-20-40(16-17-41(25)30(43)12-6-18-42)32-26-13-15-39(29-11-4-8-23-7-3-10-27(34)31(23)29)21-28(26)36-33(37-32)44-22-24-9-5-14-38(24)2;;/h5-6,8-11,13-14,27-28H,7,12,15-24H2,1,3-4H3;6-7,9-11,13,26-27H,2,8,12,14-22H2,1,4-5H3;3-4,6-8,10-12,24-25,42H,5,9,13-22H2,2H3;2*1H2/b14-8+;;12-6+;;/t27-,28-;26-,27-;24-,25-;;/m000../s1. The van der Waals surface area contributed by atoms with Gasteiger partial charge in [-0.05, 0) is 164 Å². The fraction of sp³-hybridized carbons (Fsp3) is 0.471. The monoisotopic (exact) mass is 1890 g/mol. The highest BCUT2D eigenvalue weighted by molar-refractivity contribution is 7.59. The van der Waals surface area contributed by atoms with Crippen molar-refractivity contribution < 1.29 is 43.2 Å². The molecule has 6 saturated heterocycles. The average molecular weight is 1890 g/mol. The molecule has 0 aliphatic carbocycles. The van der Waals surface area contributed by atoms with E-state index in [2.05, 4.69) is 197 Å². The number of anilines is 6. The molecule has 0 saturated carbocycles. The predicted octanol–water partition coefficient (Wildman–Crippen LogP) is 12.2. The number of carbonyl (C=O) groups is 3. The van der Waals surface area contributed by atoms with E-state index in [1.807, 2.05) is 17.0 Å². The summed E-state index contributed by atoms with van der Waals surface area (Å²) < 4.78 is 29.1. The number of aliphatic hydroxyl groups is 1. The molecule has 9 aliphatic heterocycles. The molecule has 712 valence electrons. The highest BCUT2D eigenvalue weighted by atomic mass is 35.5. The van der Waals surface area contributed by atoms with E-state index < -0.39 is 0 Å². The second kappa shape index (κ2) is 46.2. The van der Waals surface area contributed by atoms with Gasteiger partial charge in [-0.15, -0.1) is 0 Å². The maximum atomic E-state index is 13.0. The molecule has 12 heterocycles. The maximum absolute atomic E-state index is 13.0. The van der Waals surface area contributed by atoms with Crippen LogP contribution in [0, 0.1) is 33.6 Å². The molecule has 0 spiro atoms. The molecule has 33 heteroatoms. The number of amides is 3.